The van der Waals surface area contributed by atoms with E-state index in [0.717, 1.165) is 10.1 Å². The predicted octanol–water partition coefficient (Wildman–Crippen LogP) is 1.18. The number of carbonyl (C=O) groups excluding carboxylic acids is 1. The van der Waals surface area contributed by atoms with Gasteiger partial charge in [0.05, 0.1) is 4.88 Å². The fourth-order valence-electron chi connectivity index (χ4n) is 1.10. The summed E-state index contributed by atoms with van der Waals surface area (Å²) in [5.74, 6) is -0.351. The predicted molar refractivity (Wildman–Crippen MR) is 54.0 cm³/mol. The van der Waals surface area contributed by atoms with Crippen LogP contribution in [0.4, 0.5) is 0 Å². The highest BCUT2D eigenvalue weighted by molar-refractivity contribution is 7.20. The van der Waals surface area contributed by atoms with E-state index in [1.165, 1.54) is 11.3 Å². The summed E-state index contributed by atoms with van der Waals surface area (Å²) in [4.78, 5) is 11.4. The number of hydrogen-bond acceptors (Lipinski definition) is 2. The number of benzene rings is 1. The van der Waals surface area contributed by atoms with Gasteiger partial charge in [0.1, 0.15) is 0 Å². The molecule has 0 aliphatic rings. The minimum Gasteiger partial charge on any atom is -0.412 e. The Morgan fingerprint density at radius 3 is 2.62 bits per heavy atom. The monoisotopic (exact) mass is 195 g/mol. The lowest BCUT2D eigenvalue weighted by molar-refractivity contribution is 0.100. The molecule has 4 N–H and O–H groups in total. The maximum Gasteiger partial charge on any atom is 0.258 e. The van der Waals surface area contributed by atoms with Crippen LogP contribution in [0, 0.1) is 0 Å². The molecule has 0 atom stereocenters. The lowest BCUT2D eigenvalue weighted by atomic mass is 10.2. The standard InChI is InChI=1S/C9H7NOS.H2O/c10-9(11)8-5-6-3-1-2-4-7(6)12-8;/h1-5H,(H2,10,11);1H2. The van der Waals surface area contributed by atoms with E-state index in [1.54, 1.807) is 0 Å². The number of carbonyl (C=O) groups is 1. The van der Waals surface area contributed by atoms with Gasteiger partial charge in [-0.25, -0.2) is 0 Å². The minimum atomic E-state index is -0.351. The summed E-state index contributed by atoms with van der Waals surface area (Å²) in [5, 5.41) is 1.08. The smallest absolute Gasteiger partial charge is 0.258 e. The number of primary amides is 1. The van der Waals surface area contributed by atoms with Gasteiger partial charge in [-0.1, -0.05) is 18.2 Å². The van der Waals surface area contributed by atoms with Crippen LogP contribution in [-0.4, -0.2) is 11.4 Å². The Kier molecular flexibility index (Phi) is 2.65. The van der Waals surface area contributed by atoms with Gasteiger partial charge in [-0.2, -0.15) is 0 Å². The third-order valence-electron chi connectivity index (χ3n) is 1.67. The second kappa shape index (κ2) is 3.55. The average molecular weight is 195 g/mol. The number of rotatable bonds is 1. The molecule has 3 nitrogen and oxygen atoms in total. The second-order valence-electron chi connectivity index (χ2n) is 2.51. The summed E-state index contributed by atoms with van der Waals surface area (Å²) in [6.07, 6.45) is 0. The van der Waals surface area contributed by atoms with Crippen molar-refractivity contribution >= 4 is 27.3 Å². The van der Waals surface area contributed by atoms with Gasteiger partial charge in [0.2, 0.25) is 0 Å². The molecule has 4 heteroatoms. The van der Waals surface area contributed by atoms with Crippen LogP contribution in [0.25, 0.3) is 10.1 Å². The highest BCUT2D eigenvalue weighted by Crippen LogP contribution is 2.24. The highest BCUT2D eigenvalue weighted by atomic mass is 32.1. The van der Waals surface area contributed by atoms with Crippen molar-refractivity contribution in [2.75, 3.05) is 0 Å². The molecule has 0 saturated heterocycles. The molecule has 0 aliphatic carbocycles. The molecule has 0 unspecified atom stereocenters. The molecule has 13 heavy (non-hydrogen) atoms. The van der Waals surface area contributed by atoms with Crippen molar-refractivity contribution in [3.63, 3.8) is 0 Å². The van der Waals surface area contributed by atoms with Crippen LogP contribution in [0.5, 0.6) is 0 Å². The second-order valence-corrected chi connectivity index (χ2v) is 3.60. The van der Waals surface area contributed by atoms with Crippen LogP contribution in [0.3, 0.4) is 0 Å². The number of amides is 1. The normalized spacial score (nSPS) is 9.54. The Labute approximate surface area is 79.1 Å². The first kappa shape index (κ1) is 9.70. The first-order valence-corrected chi connectivity index (χ1v) is 4.37. The first-order chi connectivity index (χ1) is 5.77. The molecule has 1 aromatic heterocycles. The highest BCUT2D eigenvalue weighted by Gasteiger charge is 2.04. The molecule has 0 aliphatic heterocycles. The molecular formula is C9H9NO2S. The molecule has 2 aromatic rings. The molecular weight excluding hydrogens is 186 g/mol. The first-order valence-electron chi connectivity index (χ1n) is 3.56. The summed E-state index contributed by atoms with van der Waals surface area (Å²) < 4.78 is 1.10. The van der Waals surface area contributed by atoms with E-state index in [9.17, 15) is 4.79 Å². The van der Waals surface area contributed by atoms with Crippen LogP contribution >= 0.6 is 11.3 Å². The SMILES string of the molecule is NC(=O)c1cc2ccccc2s1.O. The lowest BCUT2D eigenvalue weighted by Gasteiger charge is -1.82. The molecule has 0 radical (unpaired) electrons. The molecule has 0 fully saturated rings. The topological polar surface area (TPSA) is 74.6 Å². The zero-order valence-corrected chi connectivity index (χ0v) is 7.60. The van der Waals surface area contributed by atoms with Gasteiger partial charge in [-0.15, -0.1) is 11.3 Å². The van der Waals surface area contributed by atoms with E-state index in [-0.39, 0.29) is 11.4 Å². The third kappa shape index (κ3) is 1.68. The van der Waals surface area contributed by atoms with Gasteiger partial charge in [-0.3, -0.25) is 4.79 Å². The molecule has 0 saturated carbocycles. The van der Waals surface area contributed by atoms with Crippen molar-refractivity contribution in [2.45, 2.75) is 0 Å². The van der Waals surface area contributed by atoms with Crippen LogP contribution in [-0.2, 0) is 0 Å². The molecule has 1 amide bonds. The van der Waals surface area contributed by atoms with Gasteiger partial charge in [0.15, 0.2) is 0 Å². The number of thiophene rings is 1. The summed E-state index contributed by atoms with van der Waals surface area (Å²) in [5.41, 5.74) is 5.15. The Bertz CT molecular complexity index is 403. The molecule has 1 heterocycles. The van der Waals surface area contributed by atoms with Gasteiger partial charge in [0.25, 0.3) is 5.91 Å². The summed E-state index contributed by atoms with van der Waals surface area (Å²) in [6, 6.07) is 9.66. The Hall–Kier alpha value is -1.39. The average Bonchev–Trinajstić information content (AvgIpc) is 2.46. The van der Waals surface area contributed by atoms with Crippen LogP contribution in [0.15, 0.2) is 30.3 Å². The number of nitrogens with two attached hydrogens (primary N) is 1. The van der Waals surface area contributed by atoms with Crippen molar-refractivity contribution in [3.05, 3.63) is 35.2 Å². The fraction of sp³-hybridized carbons (Fsp3) is 0. The molecule has 1 aromatic carbocycles. The minimum absolute atomic E-state index is 0. The van der Waals surface area contributed by atoms with E-state index >= 15 is 0 Å². The van der Waals surface area contributed by atoms with Crippen molar-refractivity contribution in [1.82, 2.24) is 0 Å². The van der Waals surface area contributed by atoms with Crippen LogP contribution < -0.4 is 5.73 Å². The van der Waals surface area contributed by atoms with Crippen molar-refractivity contribution < 1.29 is 10.3 Å². The van der Waals surface area contributed by atoms with Gasteiger partial charge in [0, 0.05) is 4.70 Å². The lowest BCUT2D eigenvalue weighted by Crippen LogP contribution is -2.07. The zero-order chi connectivity index (χ0) is 8.55. The fourth-order valence-corrected chi connectivity index (χ4v) is 2.02. The van der Waals surface area contributed by atoms with E-state index in [1.807, 2.05) is 30.3 Å². The molecule has 0 bridgehead atoms. The Morgan fingerprint density at radius 2 is 2.00 bits per heavy atom. The van der Waals surface area contributed by atoms with E-state index in [4.69, 9.17) is 5.73 Å². The zero-order valence-electron chi connectivity index (χ0n) is 6.78. The van der Waals surface area contributed by atoms with E-state index in [0.29, 0.717) is 4.88 Å². The Morgan fingerprint density at radius 1 is 1.31 bits per heavy atom. The van der Waals surface area contributed by atoms with Gasteiger partial charge >= 0.3 is 0 Å². The molecule has 2 rings (SSSR count). The summed E-state index contributed by atoms with van der Waals surface area (Å²) in [6.45, 7) is 0. The number of fused-ring (bicyclic) bond motifs is 1. The van der Waals surface area contributed by atoms with E-state index < -0.39 is 0 Å². The largest absolute Gasteiger partial charge is 0.412 e. The van der Waals surface area contributed by atoms with Gasteiger partial charge < -0.3 is 11.2 Å². The summed E-state index contributed by atoms with van der Waals surface area (Å²) >= 11 is 1.43. The van der Waals surface area contributed by atoms with Crippen molar-refractivity contribution in [2.24, 2.45) is 5.73 Å². The Balaban J connectivity index is 0.000000845. The van der Waals surface area contributed by atoms with Crippen molar-refractivity contribution in [1.29, 1.82) is 0 Å². The summed E-state index contributed by atoms with van der Waals surface area (Å²) in [7, 11) is 0. The molecule has 68 valence electrons. The quantitative estimate of drug-likeness (QED) is 0.728. The van der Waals surface area contributed by atoms with Gasteiger partial charge in [-0.05, 0) is 17.5 Å². The van der Waals surface area contributed by atoms with Crippen LogP contribution in [0.2, 0.25) is 0 Å². The number of hydrogen-bond donors (Lipinski definition) is 1. The maximum absolute atomic E-state index is 10.8. The van der Waals surface area contributed by atoms with E-state index in [2.05, 4.69) is 0 Å². The maximum atomic E-state index is 10.8. The van der Waals surface area contributed by atoms with Crippen LogP contribution in [0.1, 0.15) is 9.67 Å². The molecule has 0 spiro atoms. The van der Waals surface area contributed by atoms with Crippen molar-refractivity contribution in [3.8, 4) is 0 Å². The third-order valence-corrected chi connectivity index (χ3v) is 2.80.